The van der Waals surface area contributed by atoms with Crippen LogP contribution in [0.3, 0.4) is 0 Å². The zero-order valence-corrected chi connectivity index (χ0v) is 10.4. The SMILES string of the molecule is CC1CC(CN)CN1CC(=O)N(C)C1CC1. The fourth-order valence-electron chi connectivity index (χ4n) is 2.56. The molecule has 1 aliphatic carbocycles. The summed E-state index contributed by atoms with van der Waals surface area (Å²) >= 11 is 0. The number of hydrogen-bond acceptors (Lipinski definition) is 3. The van der Waals surface area contributed by atoms with Gasteiger partial charge in [0, 0.05) is 25.7 Å². The lowest BCUT2D eigenvalue weighted by molar-refractivity contribution is -0.131. The Balaban J connectivity index is 1.82. The molecular formula is C12H23N3O. The van der Waals surface area contributed by atoms with Crippen LogP contribution in [-0.4, -0.2) is 54.5 Å². The Labute approximate surface area is 97.8 Å². The maximum atomic E-state index is 12.0. The molecule has 2 unspecified atom stereocenters. The smallest absolute Gasteiger partial charge is 0.236 e. The third-order valence-corrected chi connectivity index (χ3v) is 3.95. The summed E-state index contributed by atoms with van der Waals surface area (Å²) in [4.78, 5) is 16.2. The summed E-state index contributed by atoms with van der Waals surface area (Å²) in [6.45, 7) is 4.50. The van der Waals surface area contributed by atoms with Gasteiger partial charge < -0.3 is 10.6 Å². The van der Waals surface area contributed by atoms with Gasteiger partial charge in [-0.3, -0.25) is 9.69 Å². The van der Waals surface area contributed by atoms with Crippen molar-refractivity contribution in [2.24, 2.45) is 11.7 Å². The van der Waals surface area contributed by atoms with Gasteiger partial charge in [0.25, 0.3) is 0 Å². The lowest BCUT2D eigenvalue weighted by Gasteiger charge is -2.24. The summed E-state index contributed by atoms with van der Waals surface area (Å²) in [5.74, 6) is 0.848. The highest BCUT2D eigenvalue weighted by Gasteiger charge is 2.33. The second-order valence-electron chi connectivity index (χ2n) is 5.35. The highest BCUT2D eigenvalue weighted by molar-refractivity contribution is 5.78. The van der Waals surface area contributed by atoms with E-state index in [4.69, 9.17) is 5.73 Å². The van der Waals surface area contributed by atoms with Crippen molar-refractivity contribution >= 4 is 5.91 Å². The number of amides is 1. The Hall–Kier alpha value is -0.610. The summed E-state index contributed by atoms with van der Waals surface area (Å²) in [6.07, 6.45) is 3.50. The summed E-state index contributed by atoms with van der Waals surface area (Å²) in [7, 11) is 1.93. The van der Waals surface area contributed by atoms with Crippen LogP contribution in [0, 0.1) is 5.92 Å². The van der Waals surface area contributed by atoms with Crippen molar-refractivity contribution < 1.29 is 4.79 Å². The van der Waals surface area contributed by atoms with Crippen LogP contribution in [-0.2, 0) is 4.79 Å². The number of likely N-dealkylation sites (tertiary alicyclic amines) is 1. The minimum Gasteiger partial charge on any atom is -0.342 e. The van der Waals surface area contributed by atoms with Gasteiger partial charge in [0.05, 0.1) is 6.54 Å². The van der Waals surface area contributed by atoms with Crippen molar-refractivity contribution in [3.05, 3.63) is 0 Å². The predicted molar refractivity (Wildman–Crippen MR) is 64.0 cm³/mol. The number of nitrogens with zero attached hydrogens (tertiary/aromatic N) is 2. The molecule has 2 rings (SSSR count). The van der Waals surface area contributed by atoms with Crippen LogP contribution in [0.4, 0.5) is 0 Å². The molecule has 0 bridgehead atoms. The van der Waals surface area contributed by atoms with Crippen LogP contribution in [0.5, 0.6) is 0 Å². The van der Waals surface area contributed by atoms with Gasteiger partial charge in [0.1, 0.15) is 0 Å². The van der Waals surface area contributed by atoms with Gasteiger partial charge in [-0.05, 0) is 38.6 Å². The fraction of sp³-hybridized carbons (Fsp3) is 0.917. The summed E-state index contributed by atoms with van der Waals surface area (Å²) < 4.78 is 0. The van der Waals surface area contributed by atoms with E-state index in [0.29, 0.717) is 24.5 Å². The van der Waals surface area contributed by atoms with Crippen molar-refractivity contribution in [3.8, 4) is 0 Å². The van der Waals surface area contributed by atoms with E-state index in [-0.39, 0.29) is 5.91 Å². The molecule has 92 valence electrons. The zero-order valence-electron chi connectivity index (χ0n) is 10.4. The monoisotopic (exact) mass is 225 g/mol. The number of likely N-dealkylation sites (N-methyl/N-ethyl adjacent to an activating group) is 1. The summed E-state index contributed by atoms with van der Waals surface area (Å²) in [5, 5.41) is 0. The molecule has 4 heteroatoms. The normalized spacial score (nSPS) is 30.7. The van der Waals surface area contributed by atoms with Crippen LogP contribution in [0.1, 0.15) is 26.2 Å². The standard InChI is InChI=1S/C12H23N3O/c1-9-5-10(6-13)7-15(9)8-12(16)14(2)11-3-4-11/h9-11H,3-8,13H2,1-2H3. The number of rotatable bonds is 4. The van der Waals surface area contributed by atoms with Crippen molar-refractivity contribution in [1.29, 1.82) is 0 Å². The zero-order chi connectivity index (χ0) is 11.7. The molecule has 0 aromatic heterocycles. The first kappa shape index (κ1) is 11.9. The van der Waals surface area contributed by atoms with Crippen LogP contribution >= 0.6 is 0 Å². The Morgan fingerprint density at radius 3 is 2.69 bits per heavy atom. The van der Waals surface area contributed by atoms with Gasteiger partial charge >= 0.3 is 0 Å². The van der Waals surface area contributed by atoms with Crippen LogP contribution in [0.15, 0.2) is 0 Å². The van der Waals surface area contributed by atoms with Gasteiger partial charge in [0.2, 0.25) is 5.91 Å². The van der Waals surface area contributed by atoms with E-state index < -0.39 is 0 Å². The van der Waals surface area contributed by atoms with Gasteiger partial charge in [-0.1, -0.05) is 0 Å². The minimum absolute atomic E-state index is 0.270. The van der Waals surface area contributed by atoms with Crippen molar-refractivity contribution in [2.45, 2.75) is 38.3 Å². The lowest BCUT2D eigenvalue weighted by Crippen LogP contribution is -2.41. The molecule has 1 amide bonds. The molecular weight excluding hydrogens is 202 g/mol. The molecule has 0 aromatic rings. The average Bonchev–Trinajstić information content (AvgIpc) is 3.04. The van der Waals surface area contributed by atoms with Gasteiger partial charge in [-0.2, -0.15) is 0 Å². The quantitative estimate of drug-likeness (QED) is 0.747. The molecule has 16 heavy (non-hydrogen) atoms. The van der Waals surface area contributed by atoms with Crippen molar-refractivity contribution in [2.75, 3.05) is 26.7 Å². The number of carbonyl (C=O) groups is 1. The fourth-order valence-corrected chi connectivity index (χ4v) is 2.56. The molecule has 2 fully saturated rings. The van der Waals surface area contributed by atoms with E-state index >= 15 is 0 Å². The first-order valence-corrected chi connectivity index (χ1v) is 6.31. The minimum atomic E-state index is 0.270. The number of carbonyl (C=O) groups excluding carboxylic acids is 1. The van der Waals surface area contributed by atoms with Crippen molar-refractivity contribution in [1.82, 2.24) is 9.80 Å². The highest BCUT2D eigenvalue weighted by atomic mass is 16.2. The van der Waals surface area contributed by atoms with E-state index in [1.807, 2.05) is 11.9 Å². The molecule has 2 atom stereocenters. The first-order valence-electron chi connectivity index (χ1n) is 6.31. The Morgan fingerprint density at radius 1 is 1.50 bits per heavy atom. The molecule has 1 aliphatic heterocycles. The van der Waals surface area contributed by atoms with E-state index in [0.717, 1.165) is 19.5 Å². The maximum absolute atomic E-state index is 12.0. The number of nitrogens with two attached hydrogens (primary N) is 1. The lowest BCUT2D eigenvalue weighted by atomic mass is 10.1. The topological polar surface area (TPSA) is 49.6 Å². The van der Waals surface area contributed by atoms with Crippen LogP contribution < -0.4 is 5.73 Å². The number of hydrogen-bond donors (Lipinski definition) is 1. The average molecular weight is 225 g/mol. The molecule has 0 radical (unpaired) electrons. The Kier molecular flexibility index (Phi) is 3.50. The molecule has 1 saturated heterocycles. The third-order valence-electron chi connectivity index (χ3n) is 3.95. The van der Waals surface area contributed by atoms with Gasteiger partial charge in [0.15, 0.2) is 0 Å². The molecule has 0 aromatic carbocycles. The molecule has 2 aliphatic rings. The highest BCUT2D eigenvalue weighted by Crippen LogP contribution is 2.26. The molecule has 4 nitrogen and oxygen atoms in total. The third kappa shape index (κ3) is 2.55. The largest absolute Gasteiger partial charge is 0.342 e. The van der Waals surface area contributed by atoms with Gasteiger partial charge in [-0.25, -0.2) is 0 Å². The van der Waals surface area contributed by atoms with Crippen LogP contribution in [0.25, 0.3) is 0 Å². The predicted octanol–water partition coefficient (Wildman–Crippen LogP) is 0.276. The summed E-state index contributed by atoms with van der Waals surface area (Å²) in [5.41, 5.74) is 5.69. The van der Waals surface area contributed by atoms with E-state index in [9.17, 15) is 4.79 Å². The maximum Gasteiger partial charge on any atom is 0.236 e. The van der Waals surface area contributed by atoms with Crippen molar-refractivity contribution in [3.63, 3.8) is 0 Å². The Bertz CT molecular complexity index is 265. The summed E-state index contributed by atoms with van der Waals surface area (Å²) in [6, 6.07) is 1.03. The first-order chi connectivity index (χ1) is 7.61. The van der Waals surface area contributed by atoms with Crippen LogP contribution in [0.2, 0.25) is 0 Å². The molecule has 2 N–H and O–H groups in total. The second-order valence-corrected chi connectivity index (χ2v) is 5.35. The van der Waals surface area contributed by atoms with E-state index in [1.54, 1.807) is 0 Å². The molecule has 1 saturated carbocycles. The Morgan fingerprint density at radius 2 is 2.19 bits per heavy atom. The molecule has 1 heterocycles. The van der Waals surface area contributed by atoms with Gasteiger partial charge in [-0.15, -0.1) is 0 Å². The molecule has 0 spiro atoms. The van der Waals surface area contributed by atoms with E-state index in [2.05, 4.69) is 11.8 Å². The second kappa shape index (κ2) is 4.72. The van der Waals surface area contributed by atoms with E-state index in [1.165, 1.54) is 12.8 Å².